The molecule has 1 aliphatic rings. The van der Waals surface area contributed by atoms with Crippen molar-refractivity contribution >= 4 is 11.4 Å². The van der Waals surface area contributed by atoms with Crippen LogP contribution in [0.15, 0.2) is 18.2 Å². The maximum absolute atomic E-state index is 5.90. The van der Waals surface area contributed by atoms with Gasteiger partial charge < -0.3 is 20.3 Å². The maximum Gasteiger partial charge on any atom is 0.144 e. The van der Waals surface area contributed by atoms with Crippen molar-refractivity contribution in [1.29, 1.82) is 0 Å². The fourth-order valence-electron chi connectivity index (χ4n) is 2.32. The first kappa shape index (κ1) is 13.0. The van der Waals surface area contributed by atoms with Gasteiger partial charge in [-0.25, -0.2) is 0 Å². The van der Waals surface area contributed by atoms with Crippen molar-refractivity contribution in [3.8, 4) is 5.75 Å². The number of piperazine rings is 1. The van der Waals surface area contributed by atoms with Gasteiger partial charge in [-0.3, -0.25) is 0 Å². The molecule has 1 heterocycles. The predicted octanol–water partition coefficient (Wildman–Crippen LogP) is 1.81. The second-order valence-corrected chi connectivity index (χ2v) is 4.58. The van der Waals surface area contributed by atoms with E-state index in [1.165, 1.54) is 5.69 Å². The highest BCUT2D eigenvalue weighted by atomic mass is 16.5. The zero-order chi connectivity index (χ0) is 13.0. The first-order chi connectivity index (χ1) is 8.74. The maximum atomic E-state index is 5.90. The van der Waals surface area contributed by atoms with E-state index in [1.807, 2.05) is 13.0 Å². The molecule has 1 aliphatic heterocycles. The van der Waals surface area contributed by atoms with Crippen LogP contribution in [0, 0.1) is 0 Å². The molecule has 4 heteroatoms. The molecule has 0 atom stereocenters. The fourth-order valence-corrected chi connectivity index (χ4v) is 2.32. The highest BCUT2D eigenvalue weighted by Crippen LogP contribution is 2.28. The minimum atomic E-state index is 0.650. The Kier molecular flexibility index (Phi) is 4.31. The average molecular weight is 249 g/mol. The molecular formula is C14H23N3O. The van der Waals surface area contributed by atoms with Gasteiger partial charge in [-0.2, -0.15) is 0 Å². The van der Waals surface area contributed by atoms with Gasteiger partial charge in [-0.05, 0) is 25.6 Å². The Bertz CT molecular complexity index is 387. The van der Waals surface area contributed by atoms with E-state index in [1.54, 1.807) is 0 Å². The molecule has 0 amide bonds. The van der Waals surface area contributed by atoms with Gasteiger partial charge in [0.15, 0.2) is 0 Å². The summed E-state index contributed by atoms with van der Waals surface area (Å²) in [6, 6.07) is 6.08. The molecule has 0 saturated carbocycles. The summed E-state index contributed by atoms with van der Waals surface area (Å²) in [7, 11) is 0. The summed E-state index contributed by atoms with van der Waals surface area (Å²) in [5, 5.41) is 0. The molecule has 18 heavy (non-hydrogen) atoms. The molecule has 2 N–H and O–H groups in total. The van der Waals surface area contributed by atoms with Gasteiger partial charge in [0.1, 0.15) is 5.75 Å². The standard InChI is InChI=1S/C14H23N3O/c1-3-16-7-9-17(10-8-16)12-5-6-13(15)14(11-12)18-4-2/h5-6,11H,3-4,7-10,15H2,1-2H3. The van der Waals surface area contributed by atoms with Crippen LogP contribution in [0.2, 0.25) is 0 Å². The Balaban J connectivity index is 2.07. The van der Waals surface area contributed by atoms with Crippen molar-refractivity contribution in [3.05, 3.63) is 18.2 Å². The number of hydrogen-bond acceptors (Lipinski definition) is 4. The van der Waals surface area contributed by atoms with Crippen LogP contribution in [0.3, 0.4) is 0 Å². The molecular weight excluding hydrogens is 226 g/mol. The Hall–Kier alpha value is -1.42. The van der Waals surface area contributed by atoms with Gasteiger partial charge in [0, 0.05) is 37.9 Å². The topological polar surface area (TPSA) is 41.7 Å². The average Bonchev–Trinajstić information content (AvgIpc) is 2.42. The van der Waals surface area contributed by atoms with Crippen LogP contribution in [0.4, 0.5) is 11.4 Å². The van der Waals surface area contributed by atoms with Gasteiger partial charge in [0.05, 0.1) is 12.3 Å². The molecule has 1 saturated heterocycles. The van der Waals surface area contributed by atoms with E-state index in [2.05, 4.69) is 28.9 Å². The van der Waals surface area contributed by atoms with Crippen molar-refractivity contribution in [2.45, 2.75) is 13.8 Å². The third kappa shape index (κ3) is 2.88. The minimum absolute atomic E-state index is 0.650. The number of anilines is 2. The number of benzene rings is 1. The number of likely N-dealkylation sites (N-methyl/N-ethyl adjacent to an activating group) is 1. The number of ether oxygens (including phenoxy) is 1. The Morgan fingerprint density at radius 2 is 1.89 bits per heavy atom. The van der Waals surface area contributed by atoms with E-state index in [0.717, 1.165) is 38.5 Å². The van der Waals surface area contributed by atoms with E-state index in [4.69, 9.17) is 10.5 Å². The first-order valence-electron chi connectivity index (χ1n) is 6.74. The summed E-state index contributed by atoms with van der Waals surface area (Å²) in [6.45, 7) is 10.4. The molecule has 0 aliphatic carbocycles. The number of hydrogen-bond donors (Lipinski definition) is 1. The predicted molar refractivity (Wildman–Crippen MR) is 76.4 cm³/mol. The zero-order valence-electron chi connectivity index (χ0n) is 11.4. The van der Waals surface area contributed by atoms with Crippen molar-refractivity contribution in [3.63, 3.8) is 0 Å². The summed E-state index contributed by atoms with van der Waals surface area (Å²) in [5.41, 5.74) is 7.82. The first-order valence-corrected chi connectivity index (χ1v) is 6.74. The summed E-state index contributed by atoms with van der Waals surface area (Å²) >= 11 is 0. The summed E-state index contributed by atoms with van der Waals surface area (Å²) in [4.78, 5) is 4.87. The molecule has 2 rings (SSSR count). The van der Waals surface area contributed by atoms with E-state index < -0.39 is 0 Å². The van der Waals surface area contributed by atoms with Gasteiger partial charge in [0.2, 0.25) is 0 Å². The van der Waals surface area contributed by atoms with Gasteiger partial charge in [0.25, 0.3) is 0 Å². The van der Waals surface area contributed by atoms with Crippen LogP contribution >= 0.6 is 0 Å². The fraction of sp³-hybridized carbons (Fsp3) is 0.571. The smallest absolute Gasteiger partial charge is 0.144 e. The Labute approximate surface area is 109 Å². The molecule has 1 fully saturated rings. The molecule has 0 bridgehead atoms. The van der Waals surface area contributed by atoms with Gasteiger partial charge in [-0.1, -0.05) is 6.92 Å². The van der Waals surface area contributed by atoms with E-state index in [-0.39, 0.29) is 0 Å². The highest BCUT2D eigenvalue weighted by molar-refractivity contribution is 5.62. The lowest BCUT2D eigenvalue weighted by Gasteiger charge is -2.35. The van der Waals surface area contributed by atoms with Crippen LogP contribution in [-0.2, 0) is 0 Å². The highest BCUT2D eigenvalue weighted by Gasteiger charge is 2.16. The Morgan fingerprint density at radius 1 is 1.17 bits per heavy atom. The molecule has 0 spiro atoms. The number of nitrogens with two attached hydrogens (primary N) is 1. The molecule has 4 nitrogen and oxygen atoms in total. The summed E-state index contributed by atoms with van der Waals surface area (Å²) in [6.07, 6.45) is 0. The van der Waals surface area contributed by atoms with Crippen LogP contribution in [0.25, 0.3) is 0 Å². The van der Waals surface area contributed by atoms with Crippen molar-refractivity contribution < 1.29 is 4.74 Å². The minimum Gasteiger partial charge on any atom is -0.492 e. The van der Waals surface area contributed by atoms with Crippen LogP contribution in [0.1, 0.15) is 13.8 Å². The summed E-state index contributed by atoms with van der Waals surface area (Å²) in [5.74, 6) is 0.799. The second kappa shape index (κ2) is 5.96. The largest absolute Gasteiger partial charge is 0.492 e. The third-order valence-electron chi connectivity index (χ3n) is 3.48. The SMILES string of the molecule is CCOc1cc(N2CCN(CC)CC2)ccc1N. The van der Waals surface area contributed by atoms with E-state index in [9.17, 15) is 0 Å². The number of rotatable bonds is 4. The monoisotopic (exact) mass is 249 g/mol. The molecule has 1 aromatic carbocycles. The van der Waals surface area contributed by atoms with Crippen molar-refractivity contribution in [2.24, 2.45) is 0 Å². The third-order valence-corrected chi connectivity index (χ3v) is 3.48. The molecule has 100 valence electrons. The van der Waals surface area contributed by atoms with Crippen LogP contribution in [0.5, 0.6) is 5.75 Å². The number of nitrogen functional groups attached to an aromatic ring is 1. The van der Waals surface area contributed by atoms with Crippen LogP contribution < -0.4 is 15.4 Å². The molecule has 0 aromatic heterocycles. The lowest BCUT2D eigenvalue weighted by Crippen LogP contribution is -2.46. The normalized spacial score (nSPS) is 16.9. The second-order valence-electron chi connectivity index (χ2n) is 4.58. The van der Waals surface area contributed by atoms with Crippen molar-refractivity contribution in [1.82, 2.24) is 4.90 Å². The van der Waals surface area contributed by atoms with E-state index in [0.29, 0.717) is 12.3 Å². The zero-order valence-corrected chi connectivity index (χ0v) is 11.4. The summed E-state index contributed by atoms with van der Waals surface area (Å²) < 4.78 is 5.55. The lowest BCUT2D eigenvalue weighted by molar-refractivity contribution is 0.271. The lowest BCUT2D eigenvalue weighted by atomic mass is 10.2. The molecule has 1 aromatic rings. The quantitative estimate of drug-likeness (QED) is 0.826. The van der Waals surface area contributed by atoms with Crippen LogP contribution in [-0.4, -0.2) is 44.2 Å². The van der Waals surface area contributed by atoms with Gasteiger partial charge >= 0.3 is 0 Å². The molecule has 0 unspecified atom stereocenters. The number of nitrogens with zero attached hydrogens (tertiary/aromatic N) is 2. The van der Waals surface area contributed by atoms with Crippen molar-refractivity contribution in [2.75, 3.05) is 50.0 Å². The molecule has 0 radical (unpaired) electrons. The Morgan fingerprint density at radius 3 is 2.50 bits per heavy atom. The van der Waals surface area contributed by atoms with Gasteiger partial charge in [-0.15, -0.1) is 0 Å². The van der Waals surface area contributed by atoms with E-state index >= 15 is 0 Å².